The average molecular weight is 341 g/mol. The molecule has 0 spiro atoms. The van der Waals surface area contributed by atoms with Crippen molar-refractivity contribution in [3.05, 3.63) is 45.1 Å². The van der Waals surface area contributed by atoms with Gasteiger partial charge in [0.2, 0.25) is 0 Å². The van der Waals surface area contributed by atoms with Crippen molar-refractivity contribution in [3.63, 3.8) is 0 Å². The molecule has 0 aliphatic carbocycles. The molecule has 2 rings (SSSR count). The number of halogens is 1. The van der Waals surface area contributed by atoms with Crippen molar-refractivity contribution in [2.75, 3.05) is 25.5 Å². The van der Waals surface area contributed by atoms with Gasteiger partial charge < -0.3 is 15.4 Å². The standard InChI is InChI=1S/C14H17BrN2OS/c1-17(2)10-4-3-5-11(8-10)18-12(9-16)13-6-7-14(15)19-13/h3-8,12H,9,16H2,1-2H3. The molecule has 0 fully saturated rings. The Morgan fingerprint density at radius 2 is 2.11 bits per heavy atom. The maximum absolute atomic E-state index is 5.99. The number of hydrogen-bond donors (Lipinski definition) is 1. The van der Waals surface area contributed by atoms with Crippen LogP contribution in [0, 0.1) is 0 Å². The molecular weight excluding hydrogens is 324 g/mol. The van der Waals surface area contributed by atoms with Gasteiger partial charge in [-0.1, -0.05) is 6.07 Å². The van der Waals surface area contributed by atoms with E-state index in [9.17, 15) is 0 Å². The molecule has 0 aliphatic rings. The monoisotopic (exact) mass is 340 g/mol. The van der Waals surface area contributed by atoms with E-state index in [1.54, 1.807) is 11.3 Å². The first kappa shape index (κ1) is 14.4. The third kappa shape index (κ3) is 3.72. The summed E-state index contributed by atoms with van der Waals surface area (Å²) >= 11 is 5.11. The molecule has 2 N–H and O–H groups in total. The first-order valence-corrected chi connectivity index (χ1v) is 7.60. The maximum Gasteiger partial charge on any atom is 0.145 e. The summed E-state index contributed by atoms with van der Waals surface area (Å²) in [5.41, 5.74) is 6.93. The zero-order chi connectivity index (χ0) is 13.8. The minimum absolute atomic E-state index is 0.103. The van der Waals surface area contributed by atoms with Gasteiger partial charge in [-0.25, -0.2) is 0 Å². The van der Waals surface area contributed by atoms with Crippen LogP contribution >= 0.6 is 27.3 Å². The van der Waals surface area contributed by atoms with E-state index in [0.717, 1.165) is 20.1 Å². The van der Waals surface area contributed by atoms with Gasteiger partial charge in [-0.2, -0.15) is 0 Å². The lowest BCUT2D eigenvalue weighted by molar-refractivity contribution is 0.218. The first-order chi connectivity index (χ1) is 9.10. The summed E-state index contributed by atoms with van der Waals surface area (Å²) < 4.78 is 7.08. The minimum atomic E-state index is -0.103. The number of ether oxygens (including phenoxy) is 1. The van der Waals surface area contributed by atoms with E-state index < -0.39 is 0 Å². The number of thiophene rings is 1. The number of nitrogens with zero attached hydrogens (tertiary/aromatic N) is 1. The quantitative estimate of drug-likeness (QED) is 0.902. The highest BCUT2D eigenvalue weighted by Crippen LogP contribution is 2.31. The highest BCUT2D eigenvalue weighted by Gasteiger charge is 2.14. The topological polar surface area (TPSA) is 38.5 Å². The van der Waals surface area contributed by atoms with Crippen LogP contribution in [-0.4, -0.2) is 20.6 Å². The predicted octanol–water partition coefficient (Wildman–Crippen LogP) is 3.66. The lowest BCUT2D eigenvalue weighted by atomic mass is 10.2. The molecule has 5 heteroatoms. The minimum Gasteiger partial charge on any atom is -0.483 e. The highest BCUT2D eigenvalue weighted by atomic mass is 79.9. The van der Waals surface area contributed by atoms with E-state index >= 15 is 0 Å². The number of anilines is 1. The van der Waals surface area contributed by atoms with E-state index in [-0.39, 0.29) is 6.10 Å². The molecule has 0 aliphatic heterocycles. The van der Waals surface area contributed by atoms with E-state index in [0.29, 0.717) is 6.54 Å². The Morgan fingerprint density at radius 3 is 2.68 bits per heavy atom. The van der Waals surface area contributed by atoms with Gasteiger partial charge >= 0.3 is 0 Å². The molecule has 1 unspecified atom stereocenters. The second-order valence-corrected chi connectivity index (χ2v) is 6.87. The van der Waals surface area contributed by atoms with Crippen molar-refractivity contribution in [2.24, 2.45) is 5.73 Å². The summed E-state index contributed by atoms with van der Waals surface area (Å²) in [4.78, 5) is 3.18. The van der Waals surface area contributed by atoms with Gasteiger partial charge in [0.15, 0.2) is 0 Å². The number of nitrogens with two attached hydrogens (primary N) is 1. The molecule has 2 aromatic rings. The van der Waals surface area contributed by atoms with Gasteiger partial charge in [0.05, 0.1) is 3.79 Å². The third-order valence-electron chi connectivity index (χ3n) is 2.74. The van der Waals surface area contributed by atoms with Crippen LogP contribution in [0.25, 0.3) is 0 Å². The molecular formula is C14H17BrN2OS. The number of benzene rings is 1. The Balaban J connectivity index is 2.16. The SMILES string of the molecule is CN(C)c1cccc(OC(CN)c2ccc(Br)s2)c1. The normalized spacial score (nSPS) is 12.2. The van der Waals surface area contributed by atoms with Crippen LogP contribution in [-0.2, 0) is 0 Å². The smallest absolute Gasteiger partial charge is 0.145 e. The van der Waals surface area contributed by atoms with Gasteiger partial charge in [0.25, 0.3) is 0 Å². The first-order valence-electron chi connectivity index (χ1n) is 5.99. The van der Waals surface area contributed by atoms with E-state index in [1.807, 2.05) is 55.4 Å². The summed E-state index contributed by atoms with van der Waals surface area (Å²) in [6, 6.07) is 12.1. The van der Waals surface area contributed by atoms with Gasteiger partial charge in [-0.3, -0.25) is 0 Å². The average Bonchev–Trinajstić information content (AvgIpc) is 2.83. The van der Waals surface area contributed by atoms with E-state index in [1.165, 1.54) is 0 Å². The Hall–Kier alpha value is -1.04. The van der Waals surface area contributed by atoms with Crippen molar-refractivity contribution in [3.8, 4) is 5.75 Å². The molecule has 1 heterocycles. The molecule has 0 saturated carbocycles. The fourth-order valence-electron chi connectivity index (χ4n) is 1.72. The Morgan fingerprint density at radius 1 is 1.32 bits per heavy atom. The number of rotatable bonds is 5. The lowest BCUT2D eigenvalue weighted by Gasteiger charge is -2.18. The second kappa shape index (κ2) is 6.41. The summed E-state index contributed by atoms with van der Waals surface area (Å²) in [5.74, 6) is 0.839. The van der Waals surface area contributed by atoms with Gasteiger partial charge in [0.1, 0.15) is 11.9 Å². The molecule has 102 valence electrons. The fraction of sp³-hybridized carbons (Fsp3) is 0.286. The second-order valence-electron chi connectivity index (χ2n) is 4.38. The van der Waals surface area contributed by atoms with E-state index in [2.05, 4.69) is 15.9 Å². The molecule has 1 atom stereocenters. The molecule has 0 saturated heterocycles. The fourth-order valence-corrected chi connectivity index (χ4v) is 3.19. The van der Waals surface area contributed by atoms with Crippen LogP contribution in [0.4, 0.5) is 5.69 Å². The Bertz CT molecular complexity index is 542. The van der Waals surface area contributed by atoms with Crippen LogP contribution in [0.5, 0.6) is 5.75 Å². The molecule has 0 bridgehead atoms. The van der Waals surface area contributed by atoms with Crippen molar-refractivity contribution >= 4 is 33.0 Å². The van der Waals surface area contributed by atoms with Crippen LogP contribution in [0.1, 0.15) is 11.0 Å². The van der Waals surface area contributed by atoms with Crippen LogP contribution in [0.2, 0.25) is 0 Å². The maximum atomic E-state index is 5.99. The predicted molar refractivity (Wildman–Crippen MR) is 85.2 cm³/mol. The Kier molecular flexibility index (Phi) is 4.85. The lowest BCUT2D eigenvalue weighted by Crippen LogP contribution is -2.17. The van der Waals surface area contributed by atoms with Crippen molar-refractivity contribution in [2.45, 2.75) is 6.10 Å². The molecule has 0 amide bonds. The summed E-state index contributed by atoms with van der Waals surface area (Å²) in [7, 11) is 4.02. The molecule has 1 aromatic heterocycles. The van der Waals surface area contributed by atoms with Crippen molar-refractivity contribution in [1.82, 2.24) is 0 Å². The highest BCUT2D eigenvalue weighted by molar-refractivity contribution is 9.11. The van der Waals surface area contributed by atoms with E-state index in [4.69, 9.17) is 10.5 Å². The number of hydrogen-bond acceptors (Lipinski definition) is 4. The summed E-state index contributed by atoms with van der Waals surface area (Å²) in [6.45, 7) is 0.457. The van der Waals surface area contributed by atoms with Crippen LogP contribution in [0.15, 0.2) is 40.2 Å². The van der Waals surface area contributed by atoms with Gasteiger partial charge in [-0.05, 0) is 40.2 Å². The molecule has 1 aromatic carbocycles. The molecule has 19 heavy (non-hydrogen) atoms. The van der Waals surface area contributed by atoms with Crippen LogP contribution < -0.4 is 15.4 Å². The largest absolute Gasteiger partial charge is 0.483 e. The van der Waals surface area contributed by atoms with Gasteiger partial charge in [-0.15, -0.1) is 11.3 Å². The molecule has 3 nitrogen and oxygen atoms in total. The third-order valence-corrected chi connectivity index (χ3v) is 4.45. The van der Waals surface area contributed by atoms with Crippen molar-refractivity contribution < 1.29 is 4.74 Å². The van der Waals surface area contributed by atoms with Crippen molar-refractivity contribution in [1.29, 1.82) is 0 Å². The summed E-state index contributed by atoms with van der Waals surface area (Å²) in [6.07, 6.45) is -0.103. The molecule has 0 radical (unpaired) electrons. The zero-order valence-electron chi connectivity index (χ0n) is 11.0. The summed E-state index contributed by atoms with van der Waals surface area (Å²) in [5, 5.41) is 0. The van der Waals surface area contributed by atoms with Crippen LogP contribution in [0.3, 0.4) is 0 Å². The Labute approximate surface area is 126 Å². The van der Waals surface area contributed by atoms with Gasteiger partial charge in [0, 0.05) is 37.3 Å². The zero-order valence-corrected chi connectivity index (χ0v) is 13.4.